The van der Waals surface area contributed by atoms with Crippen LogP contribution in [0.25, 0.3) is 0 Å². The molecule has 0 spiro atoms. The Kier molecular flexibility index (Phi) is 9.27. The molecule has 0 bridgehead atoms. The summed E-state index contributed by atoms with van der Waals surface area (Å²) in [5.41, 5.74) is 0.474. The molecule has 32 heavy (non-hydrogen) atoms. The molecular formula is C22H26ClN3O6. The van der Waals surface area contributed by atoms with E-state index in [1.807, 2.05) is 6.92 Å². The van der Waals surface area contributed by atoms with Crippen LogP contribution in [0.1, 0.15) is 25.8 Å². The summed E-state index contributed by atoms with van der Waals surface area (Å²) in [5.74, 6) is -0.493. The third-order valence-electron chi connectivity index (χ3n) is 4.73. The lowest BCUT2D eigenvalue weighted by atomic mass is 10.1. The smallest absolute Gasteiger partial charge is 0.311 e. The maximum Gasteiger partial charge on any atom is 0.311 e. The summed E-state index contributed by atoms with van der Waals surface area (Å²) in [6.45, 7) is 3.80. The fourth-order valence-electron chi connectivity index (χ4n) is 2.92. The highest BCUT2D eigenvalue weighted by atomic mass is 35.5. The molecule has 0 saturated heterocycles. The molecule has 1 N–H and O–H groups in total. The van der Waals surface area contributed by atoms with Gasteiger partial charge in [-0.2, -0.15) is 0 Å². The number of amides is 2. The number of ether oxygens (including phenoxy) is 2. The Hall–Kier alpha value is -3.33. The van der Waals surface area contributed by atoms with Gasteiger partial charge in [0.25, 0.3) is 5.91 Å². The van der Waals surface area contributed by atoms with Gasteiger partial charge in [-0.1, -0.05) is 36.7 Å². The first-order valence-corrected chi connectivity index (χ1v) is 10.4. The molecule has 1 unspecified atom stereocenters. The zero-order valence-electron chi connectivity index (χ0n) is 18.2. The Morgan fingerprint density at radius 1 is 1.25 bits per heavy atom. The third-order valence-corrected chi connectivity index (χ3v) is 5.09. The van der Waals surface area contributed by atoms with Crippen LogP contribution in [0, 0.1) is 10.1 Å². The Morgan fingerprint density at radius 2 is 1.97 bits per heavy atom. The zero-order valence-corrected chi connectivity index (χ0v) is 18.9. The number of rotatable bonds is 11. The Labute approximate surface area is 191 Å². The van der Waals surface area contributed by atoms with Crippen LogP contribution in [0.3, 0.4) is 0 Å². The second-order valence-electron chi connectivity index (χ2n) is 6.96. The number of carbonyl (C=O) groups is 2. The standard InChI is InChI=1S/C22H26ClN3O6/c1-4-11-24-22(28)15(2)25(13-16-7-5-6-8-18(16)23)21(27)14-32-17-9-10-19(26(29)30)20(12-17)31-3/h5-10,12,15H,4,11,13-14H2,1-3H3,(H,24,28). The zero-order chi connectivity index (χ0) is 23.7. The van der Waals surface area contributed by atoms with Crippen LogP contribution in [-0.2, 0) is 16.1 Å². The molecule has 9 nitrogen and oxygen atoms in total. The van der Waals surface area contributed by atoms with Gasteiger partial charge in [0.15, 0.2) is 6.61 Å². The van der Waals surface area contributed by atoms with E-state index in [1.54, 1.807) is 31.2 Å². The van der Waals surface area contributed by atoms with Gasteiger partial charge in [-0.25, -0.2) is 0 Å². The average Bonchev–Trinajstić information content (AvgIpc) is 2.79. The molecule has 0 aliphatic heterocycles. The largest absolute Gasteiger partial charge is 0.490 e. The highest BCUT2D eigenvalue weighted by molar-refractivity contribution is 6.31. The average molecular weight is 464 g/mol. The van der Waals surface area contributed by atoms with E-state index in [4.69, 9.17) is 21.1 Å². The van der Waals surface area contributed by atoms with Crippen LogP contribution < -0.4 is 14.8 Å². The van der Waals surface area contributed by atoms with Crippen LogP contribution in [0.4, 0.5) is 5.69 Å². The van der Waals surface area contributed by atoms with E-state index < -0.39 is 16.9 Å². The van der Waals surface area contributed by atoms with Gasteiger partial charge in [0, 0.05) is 30.2 Å². The Balaban J connectivity index is 2.19. The van der Waals surface area contributed by atoms with E-state index in [0.717, 1.165) is 6.42 Å². The van der Waals surface area contributed by atoms with Crippen molar-refractivity contribution in [2.75, 3.05) is 20.3 Å². The van der Waals surface area contributed by atoms with E-state index in [1.165, 1.54) is 30.2 Å². The summed E-state index contributed by atoms with van der Waals surface area (Å²) in [6, 6.07) is 10.3. The van der Waals surface area contributed by atoms with Crippen molar-refractivity contribution in [2.45, 2.75) is 32.9 Å². The number of hydrogen-bond acceptors (Lipinski definition) is 6. The molecule has 0 aromatic heterocycles. The number of nitro benzene ring substituents is 1. The van der Waals surface area contributed by atoms with Gasteiger partial charge in [-0.15, -0.1) is 0 Å². The van der Waals surface area contributed by atoms with Crippen molar-refractivity contribution in [1.29, 1.82) is 0 Å². The van der Waals surface area contributed by atoms with E-state index in [9.17, 15) is 19.7 Å². The van der Waals surface area contributed by atoms with Crippen molar-refractivity contribution in [3.63, 3.8) is 0 Å². The summed E-state index contributed by atoms with van der Waals surface area (Å²) in [6.07, 6.45) is 0.766. The van der Waals surface area contributed by atoms with Gasteiger partial charge in [0.2, 0.25) is 11.7 Å². The van der Waals surface area contributed by atoms with Gasteiger partial charge < -0.3 is 19.7 Å². The van der Waals surface area contributed by atoms with E-state index >= 15 is 0 Å². The number of halogens is 1. The minimum atomic E-state index is -0.764. The first-order valence-electron chi connectivity index (χ1n) is 10.0. The maximum atomic E-state index is 13.0. The lowest BCUT2D eigenvalue weighted by molar-refractivity contribution is -0.385. The van der Waals surface area contributed by atoms with Crippen LogP contribution in [0.15, 0.2) is 42.5 Å². The molecule has 2 aromatic rings. The van der Waals surface area contributed by atoms with E-state index in [0.29, 0.717) is 17.1 Å². The lowest BCUT2D eigenvalue weighted by Crippen LogP contribution is -2.49. The number of carbonyl (C=O) groups excluding carboxylic acids is 2. The molecule has 2 aromatic carbocycles. The van der Waals surface area contributed by atoms with Crippen molar-refractivity contribution >= 4 is 29.1 Å². The van der Waals surface area contributed by atoms with Crippen molar-refractivity contribution in [1.82, 2.24) is 10.2 Å². The van der Waals surface area contributed by atoms with Gasteiger partial charge >= 0.3 is 5.69 Å². The fourth-order valence-corrected chi connectivity index (χ4v) is 3.11. The van der Waals surface area contributed by atoms with Crippen LogP contribution in [0.2, 0.25) is 5.02 Å². The second-order valence-corrected chi connectivity index (χ2v) is 7.37. The Bertz CT molecular complexity index is 968. The predicted octanol–water partition coefficient (Wildman–Crippen LogP) is 3.58. The molecule has 0 radical (unpaired) electrons. The fraction of sp³-hybridized carbons (Fsp3) is 0.364. The molecule has 0 heterocycles. The predicted molar refractivity (Wildman–Crippen MR) is 120 cm³/mol. The van der Waals surface area contributed by atoms with Crippen LogP contribution in [0.5, 0.6) is 11.5 Å². The highest BCUT2D eigenvalue weighted by Crippen LogP contribution is 2.30. The minimum Gasteiger partial charge on any atom is -0.490 e. The molecule has 10 heteroatoms. The normalized spacial score (nSPS) is 11.4. The minimum absolute atomic E-state index is 0.0141. The Morgan fingerprint density at radius 3 is 2.59 bits per heavy atom. The number of nitrogens with one attached hydrogen (secondary N) is 1. The SMILES string of the molecule is CCCNC(=O)C(C)N(Cc1ccccc1Cl)C(=O)COc1ccc([N+](=O)[O-])c(OC)c1. The lowest BCUT2D eigenvalue weighted by Gasteiger charge is -2.29. The number of nitrogens with zero attached hydrogens (tertiary/aromatic N) is 2. The molecular weight excluding hydrogens is 438 g/mol. The van der Waals surface area contributed by atoms with Crippen molar-refractivity contribution in [2.24, 2.45) is 0 Å². The third kappa shape index (κ3) is 6.58. The topological polar surface area (TPSA) is 111 Å². The van der Waals surface area contributed by atoms with Crippen molar-refractivity contribution < 1.29 is 24.0 Å². The molecule has 1 atom stereocenters. The number of methoxy groups -OCH3 is 1. The first kappa shape index (κ1) is 24.9. The van der Waals surface area contributed by atoms with E-state index in [-0.39, 0.29) is 36.2 Å². The number of benzene rings is 2. The molecule has 0 fully saturated rings. The molecule has 2 amide bonds. The van der Waals surface area contributed by atoms with Crippen molar-refractivity contribution in [3.8, 4) is 11.5 Å². The molecule has 172 valence electrons. The van der Waals surface area contributed by atoms with Gasteiger partial charge in [0.05, 0.1) is 12.0 Å². The monoisotopic (exact) mass is 463 g/mol. The van der Waals surface area contributed by atoms with Gasteiger partial charge in [-0.3, -0.25) is 19.7 Å². The van der Waals surface area contributed by atoms with Crippen LogP contribution >= 0.6 is 11.6 Å². The quantitative estimate of drug-likeness (QED) is 0.402. The summed E-state index contributed by atoms with van der Waals surface area (Å²) in [5, 5.41) is 14.3. The summed E-state index contributed by atoms with van der Waals surface area (Å²) < 4.78 is 10.6. The molecule has 0 aliphatic rings. The molecule has 0 aliphatic carbocycles. The van der Waals surface area contributed by atoms with Crippen LogP contribution in [-0.4, -0.2) is 47.9 Å². The maximum absolute atomic E-state index is 13.0. The van der Waals surface area contributed by atoms with Crippen molar-refractivity contribution in [3.05, 3.63) is 63.2 Å². The number of hydrogen-bond donors (Lipinski definition) is 1. The molecule has 2 rings (SSSR count). The summed E-state index contributed by atoms with van der Waals surface area (Å²) in [4.78, 5) is 37.4. The first-order chi connectivity index (χ1) is 15.3. The van der Waals surface area contributed by atoms with E-state index in [2.05, 4.69) is 5.32 Å². The second kappa shape index (κ2) is 11.9. The van der Waals surface area contributed by atoms with Gasteiger partial charge in [-0.05, 0) is 31.0 Å². The number of nitro groups is 1. The molecule has 0 saturated carbocycles. The summed E-state index contributed by atoms with van der Waals surface area (Å²) >= 11 is 6.25. The highest BCUT2D eigenvalue weighted by Gasteiger charge is 2.27. The summed E-state index contributed by atoms with van der Waals surface area (Å²) in [7, 11) is 1.30. The van der Waals surface area contributed by atoms with Gasteiger partial charge in [0.1, 0.15) is 11.8 Å².